The Morgan fingerprint density at radius 2 is 2.12 bits per heavy atom. The van der Waals surface area contributed by atoms with Gasteiger partial charge in [0.25, 0.3) is 0 Å². The number of hydrogen-bond donors (Lipinski definition) is 1. The van der Waals surface area contributed by atoms with Crippen LogP contribution in [0.15, 0.2) is 18.2 Å². The Balaban J connectivity index is 1.60. The lowest BCUT2D eigenvalue weighted by Gasteiger charge is -2.35. The third kappa shape index (κ3) is 3.87. The van der Waals surface area contributed by atoms with Crippen molar-refractivity contribution >= 4 is 11.8 Å². The molecule has 0 aliphatic carbocycles. The molecule has 2 atom stereocenters. The topological polar surface area (TPSA) is 85.1 Å². The summed E-state index contributed by atoms with van der Waals surface area (Å²) >= 11 is 0. The molecule has 1 fully saturated rings. The van der Waals surface area contributed by atoms with Gasteiger partial charge in [-0.05, 0) is 44.5 Å². The number of hydrogen-bond acceptors (Lipinski definition) is 5. The minimum atomic E-state index is -0.320. The summed E-state index contributed by atoms with van der Waals surface area (Å²) in [7, 11) is 1.92. The predicted molar refractivity (Wildman–Crippen MR) is 92.0 cm³/mol. The van der Waals surface area contributed by atoms with E-state index < -0.39 is 0 Å². The van der Waals surface area contributed by atoms with E-state index in [1.807, 2.05) is 37.1 Å². The van der Waals surface area contributed by atoms with Gasteiger partial charge in [-0.1, -0.05) is 6.07 Å². The van der Waals surface area contributed by atoms with Crippen molar-refractivity contribution in [3.8, 4) is 11.5 Å². The predicted octanol–water partition coefficient (Wildman–Crippen LogP) is 0.960. The summed E-state index contributed by atoms with van der Waals surface area (Å²) in [6.45, 7) is 3.88. The maximum Gasteiger partial charge on any atom is 0.239 e. The number of carbonyl (C=O) groups excluding carboxylic acids is 2. The van der Waals surface area contributed by atoms with Gasteiger partial charge in [0.1, 0.15) is 0 Å². The van der Waals surface area contributed by atoms with E-state index in [0.29, 0.717) is 19.6 Å². The van der Waals surface area contributed by atoms with Crippen LogP contribution in [-0.4, -0.2) is 54.6 Å². The molecule has 2 aliphatic heterocycles. The average molecular weight is 347 g/mol. The number of fused-ring (bicyclic) bond motifs is 1. The van der Waals surface area contributed by atoms with E-state index in [4.69, 9.17) is 15.2 Å². The van der Waals surface area contributed by atoms with Gasteiger partial charge in [0.05, 0.1) is 12.0 Å². The molecular formula is C18H25N3O4. The van der Waals surface area contributed by atoms with E-state index in [1.54, 1.807) is 4.90 Å². The van der Waals surface area contributed by atoms with E-state index in [1.165, 1.54) is 0 Å². The van der Waals surface area contributed by atoms with E-state index in [0.717, 1.165) is 29.9 Å². The highest BCUT2D eigenvalue weighted by molar-refractivity contribution is 5.83. The average Bonchev–Trinajstić information content (AvgIpc) is 3.08. The Kier molecular flexibility index (Phi) is 5.13. The molecule has 2 heterocycles. The van der Waals surface area contributed by atoms with Crippen molar-refractivity contribution in [3.63, 3.8) is 0 Å². The van der Waals surface area contributed by atoms with E-state index in [-0.39, 0.29) is 30.6 Å². The second kappa shape index (κ2) is 7.31. The Labute approximate surface area is 147 Å². The van der Waals surface area contributed by atoms with Crippen LogP contribution < -0.4 is 15.2 Å². The molecule has 0 bridgehead atoms. The van der Waals surface area contributed by atoms with Crippen LogP contribution in [-0.2, 0) is 16.1 Å². The monoisotopic (exact) mass is 347 g/mol. The fourth-order valence-electron chi connectivity index (χ4n) is 3.33. The highest BCUT2D eigenvalue weighted by Gasteiger charge is 2.30. The summed E-state index contributed by atoms with van der Waals surface area (Å²) in [5.41, 5.74) is 6.46. The zero-order chi connectivity index (χ0) is 18.0. The second-order valence-electron chi connectivity index (χ2n) is 6.80. The Morgan fingerprint density at radius 3 is 2.88 bits per heavy atom. The normalized spacial score (nSPS) is 20.6. The minimum absolute atomic E-state index is 0.0363. The molecule has 7 heteroatoms. The van der Waals surface area contributed by atoms with Gasteiger partial charge in [0.15, 0.2) is 11.5 Å². The number of primary amides is 1. The molecule has 3 rings (SSSR count). The lowest BCUT2D eigenvalue weighted by molar-refractivity contribution is -0.139. The van der Waals surface area contributed by atoms with E-state index >= 15 is 0 Å². The number of nitrogens with zero attached hydrogens (tertiary/aromatic N) is 2. The summed E-state index contributed by atoms with van der Waals surface area (Å²) in [4.78, 5) is 27.9. The van der Waals surface area contributed by atoms with Gasteiger partial charge in [-0.3, -0.25) is 14.5 Å². The van der Waals surface area contributed by atoms with Crippen molar-refractivity contribution in [2.45, 2.75) is 32.4 Å². The van der Waals surface area contributed by atoms with Gasteiger partial charge >= 0.3 is 0 Å². The second-order valence-corrected chi connectivity index (χ2v) is 6.80. The first-order valence-electron chi connectivity index (χ1n) is 8.62. The summed E-state index contributed by atoms with van der Waals surface area (Å²) < 4.78 is 10.7. The molecule has 2 amide bonds. The number of benzene rings is 1. The molecule has 1 aromatic carbocycles. The molecule has 2 aliphatic rings. The first-order chi connectivity index (χ1) is 12.0. The van der Waals surface area contributed by atoms with Crippen molar-refractivity contribution in [2.75, 3.05) is 26.9 Å². The number of piperidine rings is 1. The van der Waals surface area contributed by atoms with Crippen LogP contribution in [0.1, 0.15) is 25.3 Å². The third-order valence-electron chi connectivity index (χ3n) is 5.02. The zero-order valence-electron chi connectivity index (χ0n) is 14.7. The summed E-state index contributed by atoms with van der Waals surface area (Å²) in [6.07, 6.45) is 1.58. The molecular weight excluding hydrogens is 322 g/mol. The maximum atomic E-state index is 12.8. The molecule has 0 radical (unpaired) electrons. The number of nitrogens with two attached hydrogens (primary N) is 1. The first kappa shape index (κ1) is 17.5. The van der Waals surface area contributed by atoms with Crippen LogP contribution in [0.5, 0.6) is 11.5 Å². The van der Waals surface area contributed by atoms with E-state index in [2.05, 4.69) is 0 Å². The Bertz CT molecular complexity index is 664. The van der Waals surface area contributed by atoms with Crippen molar-refractivity contribution in [1.82, 2.24) is 9.80 Å². The SMILES string of the molecule is C[C@@H](C(=O)N1CCC[C@@H](C(N)=O)C1)N(C)Cc1ccc2c(c1)OCO2. The number of carbonyl (C=O) groups is 2. The summed E-state index contributed by atoms with van der Waals surface area (Å²) in [6, 6.07) is 5.53. The van der Waals surface area contributed by atoms with Crippen LogP contribution in [0.3, 0.4) is 0 Å². The molecule has 0 unspecified atom stereocenters. The number of likely N-dealkylation sites (N-methyl/N-ethyl adjacent to an activating group) is 1. The third-order valence-corrected chi connectivity index (χ3v) is 5.02. The van der Waals surface area contributed by atoms with Gasteiger partial charge in [0, 0.05) is 19.6 Å². The number of rotatable bonds is 5. The fraction of sp³-hybridized carbons (Fsp3) is 0.556. The number of ether oxygens (including phenoxy) is 2. The van der Waals surface area contributed by atoms with Crippen LogP contribution >= 0.6 is 0 Å². The molecule has 0 aromatic heterocycles. The molecule has 0 spiro atoms. The van der Waals surface area contributed by atoms with E-state index in [9.17, 15) is 9.59 Å². The molecule has 25 heavy (non-hydrogen) atoms. The quantitative estimate of drug-likeness (QED) is 0.857. The molecule has 1 saturated heterocycles. The molecule has 7 nitrogen and oxygen atoms in total. The molecule has 0 saturated carbocycles. The van der Waals surface area contributed by atoms with Crippen LogP contribution in [0.4, 0.5) is 0 Å². The van der Waals surface area contributed by atoms with Gasteiger partial charge in [-0.2, -0.15) is 0 Å². The van der Waals surface area contributed by atoms with Gasteiger partial charge in [-0.25, -0.2) is 0 Å². The highest BCUT2D eigenvalue weighted by atomic mass is 16.7. The van der Waals surface area contributed by atoms with Gasteiger partial charge < -0.3 is 20.1 Å². The fourth-order valence-corrected chi connectivity index (χ4v) is 3.33. The minimum Gasteiger partial charge on any atom is -0.454 e. The molecule has 136 valence electrons. The van der Waals surface area contributed by atoms with Crippen LogP contribution in [0.2, 0.25) is 0 Å². The van der Waals surface area contributed by atoms with Crippen molar-refractivity contribution in [1.29, 1.82) is 0 Å². The molecule has 1 aromatic rings. The standard InChI is InChI=1S/C18H25N3O4/c1-12(18(23)21-7-3-4-14(10-21)17(19)22)20(2)9-13-5-6-15-16(8-13)25-11-24-15/h5-6,8,12,14H,3-4,7,9-11H2,1-2H3,(H2,19,22)/t12-,14+/m0/s1. The summed E-state index contributed by atoms with van der Waals surface area (Å²) in [5, 5.41) is 0. The van der Waals surface area contributed by atoms with Gasteiger partial charge in [-0.15, -0.1) is 0 Å². The number of likely N-dealkylation sites (tertiary alicyclic amines) is 1. The van der Waals surface area contributed by atoms with Crippen molar-refractivity contribution < 1.29 is 19.1 Å². The molecule has 2 N–H and O–H groups in total. The maximum absolute atomic E-state index is 12.8. The van der Waals surface area contributed by atoms with Crippen LogP contribution in [0, 0.1) is 5.92 Å². The van der Waals surface area contributed by atoms with Crippen molar-refractivity contribution in [3.05, 3.63) is 23.8 Å². The lowest BCUT2D eigenvalue weighted by atomic mass is 9.97. The first-order valence-corrected chi connectivity index (χ1v) is 8.62. The smallest absolute Gasteiger partial charge is 0.239 e. The number of amides is 2. The zero-order valence-corrected chi connectivity index (χ0v) is 14.7. The van der Waals surface area contributed by atoms with Gasteiger partial charge in [0.2, 0.25) is 18.6 Å². The summed E-state index contributed by atoms with van der Waals surface area (Å²) in [5.74, 6) is 0.976. The van der Waals surface area contributed by atoms with Crippen LogP contribution in [0.25, 0.3) is 0 Å². The van der Waals surface area contributed by atoms with Crippen molar-refractivity contribution in [2.24, 2.45) is 11.7 Å². The lowest BCUT2D eigenvalue weighted by Crippen LogP contribution is -2.50. The largest absolute Gasteiger partial charge is 0.454 e. The Hall–Kier alpha value is -2.28. The highest BCUT2D eigenvalue weighted by Crippen LogP contribution is 2.32. The Morgan fingerprint density at radius 1 is 1.36 bits per heavy atom.